The van der Waals surface area contributed by atoms with E-state index in [0.717, 1.165) is 23.7 Å². The maximum absolute atomic E-state index is 5.47. The molecule has 2 atom stereocenters. The highest BCUT2D eigenvalue weighted by Gasteiger charge is 2.30. The SMILES string of the molecule is COc1ccc([C@@H]2C[C@@H](c3ccc(OC)c(OC)c3)n3ncnc3N2)cc1. The molecule has 0 unspecified atom stereocenters. The minimum absolute atomic E-state index is 0.0376. The highest BCUT2D eigenvalue weighted by Crippen LogP contribution is 2.40. The number of hydrogen-bond donors (Lipinski definition) is 1. The lowest BCUT2D eigenvalue weighted by molar-refractivity contribution is 0.352. The molecule has 140 valence electrons. The highest BCUT2D eigenvalue weighted by molar-refractivity contribution is 5.46. The van der Waals surface area contributed by atoms with Gasteiger partial charge in [-0.05, 0) is 41.8 Å². The van der Waals surface area contributed by atoms with Gasteiger partial charge in [-0.25, -0.2) is 4.68 Å². The third kappa shape index (κ3) is 3.16. The molecule has 7 nitrogen and oxygen atoms in total. The zero-order chi connectivity index (χ0) is 18.8. The number of hydrogen-bond acceptors (Lipinski definition) is 6. The molecular weight excluding hydrogens is 344 g/mol. The predicted molar refractivity (Wildman–Crippen MR) is 102 cm³/mol. The van der Waals surface area contributed by atoms with Crippen LogP contribution in [0, 0.1) is 0 Å². The lowest BCUT2D eigenvalue weighted by Gasteiger charge is -2.32. The first kappa shape index (κ1) is 17.2. The van der Waals surface area contributed by atoms with Gasteiger partial charge in [0.05, 0.1) is 33.4 Å². The summed E-state index contributed by atoms with van der Waals surface area (Å²) in [7, 11) is 4.95. The van der Waals surface area contributed by atoms with E-state index in [-0.39, 0.29) is 12.1 Å². The topological polar surface area (TPSA) is 70.4 Å². The summed E-state index contributed by atoms with van der Waals surface area (Å²) in [5.41, 5.74) is 2.27. The normalized spacial score (nSPS) is 18.3. The molecule has 2 heterocycles. The molecule has 0 saturated carbocycles. The fourth-order valence-corrected chi connectivity index (χ4v) is 3.51. The van der Waals surface area contributed by atoms with Gasteiger partial charge in [0.25, 0.3) is 0 Å². The second-order valence-corrected chi connectivity index (χ2v) is 6.36. The van der Waals surface area contributed by atoms with Crippen LogP contribution in [0.5, 0.6) is 17.2 Å². The van der Waals surface area contributed by atoms with E-state index in [9.17, 15) is 0 Å². The zero-order valence-electron chi connectivity index (χ0n) is 15.5. The molecule has 1 aliphatic heterocycles. The first-order chi connectivity index (χ1) is 13.2. The van der Waals surface area contributed by atoms with Crippen LogP contribution in [-0.2, 0) is 0 Å². The van der Waals surface area contributed by atoms with E-state index >= 15 is 0 Å². The molecular formula is C20H22N4O3. The Kier molecular flexibility index (Phi) is 4.58. The molecule has 0 saturated heterocycles. The molecule has 0 radical (unpaired) electrons. The Balaban J connectivity index is 1.70. The van der Waals surface area contributed by atoms with Crippen LogP contribution in [0.4, 0.5) is 5.95 Å². The fraction of sp³-hybridized carbons (Fsp3) is 0.300. The molecule has 0 aliphatic carbocycles. The maximum Gasteiger partial charge on any atom is 0.222 e. The van der Waals surface area contributed by atoms with E-state index in [0.29, 0.717) is 11.5 Å². The fourth-order valence-electron chi connectivity index (χ4n) is 3.51. The maximum atomic E-state index is 5.47. The van der Waals surface area contributed by atoms with E-state index < -0.39 is 0 Å². The molecule has 27 heavy (non-hydrogen) atoms. The van der Waals surface area contributed by atoms with E-state index in [2.05, 4.69) is 27.5 Å². The molecule has 2 aromatic carbocycles. The van der Waals surface area contributed by atoms with Crippen molar-refractivity contribution in [1.29, 1.82) is 0 Å². The molecule has 1 aromatic heterocycles. The minimum Gasteiger partial charge on any atom is -0.497 e. The number of aromatic nitrogens is 3. The molecule has 0 amide bonds. The average molecular weight is 366 g/mol. The van der Waals surface area contributed by atoms with E-state index in [4.69, 9.17) is 14.2 Å². The summed E-state index contributed by atoms with van der Waals surface area (Å²) in [6.07, 6.45) is 2.41. The van der Waals surface area contributed by atoms with Crippen LogP contribution in [0.25, 0.3) is 0 Å². The Morgan fingerprint density at radius 1 is 0.926 bits per heavy atom. The summed E-state index contributed by atoms with van der Waals surface area (Å²) in [5, 5.41) is 7.89. The van der Waals surface area contributed by atoms with E-state index in [1.807, 2.05) is 35.0 Å². The van der Waals surface area contributed by atoms with Gasteiger partial charge in [0.15, 0.2) is 11.5 Å². The standard InChI is InChI=1S/C20H22N4O3/c1-25-15-7-4-13(5-8-15)16-11-17(24-20(23-16)21-12-22-24)14-6-9-18(26-2)19(10-14)27-3/h4-10,12,16-17H,11H2,1-3H3,(H,21,22,23)/t16-,17-/m0/s1. The van der Waals surface area contributed by atoms with Gasteiger partial charge in [-0.3, -0.25) is 0 Å². The van der Waals surface area contributed by atoms with Crippen LogP contribution in [0.1, 0.15) is 29.6 Å². The van der Waals surface area contributed by atoms with Gasteiger partial charge < -0.3 is 19.5 Å². The van der Waals surface area contributed by atoms with Gasteiger partial charge in [0.2, 0.25) is 5.95 Å². The van der Waals surface area contributed by atoms with E-state index in [1.54, 1.807) is 27.7 Å². The predicted octanol–water partition coefficient (Wildman–Crippen LogP) is 3.45. The molecule has 4 rings (SSSR count). The second kappa shape index (κ2) is 7.19. The van der Waals surface area contributed by atoms with Crippen molar-refractivity contribution >= 4 is 5.95 Å². The summed E-state index contributed by atoms with van der Waals surface area (Å²) in [5.74, 6) is 3.01. The van der Waals surface area contributed by atoms with Crippen LogP contribution in [-0.4, -0.2) is 36.1 Å². The monoisotopic (exact) mass is 366 g/mol. The minimum atomic E-state index is 0.0376. The van der Waals surface area contributed by atoms with Crippen molar-refractivity contribution in [3.63, 3.8) is 0 Å². The lowest BCUT2D eigenvalue weighted by Crippen LogP contribution is -2.28. The Morgan fingerprint density at radius 3 is 2.37 bits per heavy atom. The third-order valence-electron chi connectivity index (χ3n) is 4.94. The number of rotatable bonds is 5. The Morgan fingerprint density at radius 2 is 1.67 bits per heavy atom. The second-order valence-electron chi connectivity index (χ2n) is 6.36. The van der Waals surface area contributed by atoms with Crippen molar-refractivity contribution < 1.29 is 14.2 Å². The van der Waals surface area contributed by atoms with Crippen molar-refractivity contribution in [2.24, 2.45) is 0 Å². The Labute approximate surface area is 157 Å². The van der Waals surface area contributed by atoms with Crippen LogP contribution < -0.4 is 19.5 Å². The van der Waals surface area contributed by atoms with Crippen molar-refractivity contribution in [2.45, 2.75) is 18.5 Å². The summed E-state index contributed by atoms with van der Waals surface area (Å²) in [6.45, 7) is 0. The van der Waals surface area contributed by atoms with Crippen LogP contribution >= 0.6 is 0 Å². The molecule has 7 heteroatoms. The van der Waals surface area contributed by atoms with E-state index in [1.165, 1.54) is 5.56 Å². The first-order valence-corrected chi connectivity index (χ1v) is 8.75. The average Bonchev–Trinajstić information content (AvgIpc) is 3.21. The number of benzene rings is 2. The van der Waals surface area contributed by atoms with Gasteiger partial charge in [-0.15, -0.1) is 0 Å². The third-order valence-corrected chi connectivity index (χ3v) is 4.94. The van der Waals surface area contributed by atoms with Crippen molar-refractivity contribution in [3.05, 3.63) is 59.9 Å². The van der Waals surface area contributed by atoms with Crippen molar-refractivity contribution in [1.82, 2.24) is 14.8 Å². The summed E-state index contributed by atoms with van der Waals surface area (Å²) < 4.78 is 18.0. The Hall–Kier alpha value is -3.22. The molecule has 0 spiro atoms. The molecule has 0 bridgehead atoms. The van der Waals surface area contributed by atoms with Crippen LogP contribution in [0.15, 0.2) is 48.8 Å². The quantitative estimate of drug-likeness (QED) is 0.746. The highest BCUT2D eigenvalue weighted by atomic mass is 16.5. The van der Waals surface area contributed by atoms with Gasteiger partial charge in [0, 0.05) is 0 Å². The number of anilines is 1. The van der Waals surface area contributed by atoms with Gasteiger partial charge in [0.1, 0.15) is 12.1 Å². The number of nitrogens with one attached hydrogen (secondary N) is 1. The molecule has 0 fully saturated rings. The van der Waals surface area contributed by atoms with Crippen LogP contribution in [0.3, 0.4) is 0 Å². The van der Waals surface area contributed by atoms with Crippen molar-refractivity contribution in [3.8, 4) is 17.2 Å². The largest absolute Gasteiger partial charge is 0.497 e. The smallest absolute Gasteiger partial charge is 0.222 e. The molecule has 3 aromatic rings. The molecule has 1 aliphatic rings. The van der Waals surface area contributed by atoms with Gasteiger partial charge in [-0.2, -0.15) is 10.1 Å². The summed E-state index contributed by atoms with van der Waals surface area (Å²) in [6, 6.07) is 14.2. The molecule has 1 N–H and O–H groups in total. The summed E-state index contributed by atoms with van der Waals surface area (Å²) >= 11 is 0. The van der Waals surface area contributed by atoms with Crippen molar-refractivity contribution in [2.75, 3.05) is 26.6 Å². The Bertz CT molecular complexity index is 923. The number of ether oxygens (including phenoxy) is 3. The summed E-state index contributed by atoms with van der Waals surface area (Å²) in [4.78, 5) is 4.38. The number of methoxy groups -OCH3 is 3. The van der Waals surface area contributed by atoms with Gasteiger partial charge >= 0.3 is 0 Å². The first-order valence-electron chi connectivity index (χ1n) is 8.75. The van der Waals surface area contributed by atoms with Gasteiger partial charge in [-0.1, -0.05) is 18.2 Å². The number of nitrogens with zero attached hydrogens (tertiary/aromatic N) is 3. The van der Waals surface area contributed by atoms with Crippen LogP contribution in [0.2, 0.25) is 0 Å². The number of fused-ring (bicyclic) bond motifs is 1. The zero-order valence-corrected chi connectivity index (χ0v) is 15.5. The lowest BCUT2D eigenvalue weighted by atomic mass is 9.93.